The number of likely N-dealkylation sites (tertiary alicyclic amines) is 1. The van der Waals surface area contributed by atoms with Crippen molar-refractivity contribution in [1.29, 1.82) is 0 Å². The molecule has 1 unspecified atom stereocenters. The van der Waals surface area contributed by atoms with Crippen LogP contribution >= 0.6 is 0 Å². The van der Waals surface area contributed by atoms with Crippen molar-refractivity contribution < 1.29 is 4.79 Å². The van der Waals surface area contributed by atoms with E-state index in [4.69, 9.17) is 4.99 Å². The molecule has 2 aliphatic heterocycles. The third-order valence-electron chi connectivity index (χ3n) is 5.37. The molecule has 1 atom stereocenters. The maximum atomic E-state index is 11.9. The van der Waals surface area contributed by atoms with Crippen molar-refractivity contribution in [3.8, 4) is 0 Å². The van der Waals surface area contributed by atoms with Gasteiger partial charge in [-0.3, -0.25) is 9.79 Å². The Labute approximate surface area is 163 Å². The second-order valence-corrected chi connectivity index (χ2v) is 7.23. The molecular formula is C22H32N4O. The number of nitrogens with one attached hydrogen (secondary N) is 1. The summed E-state index contributed by atoms with van der Waals surface area (Å²) in [4.78, 5) is 21.1. The molecular weight excluding hydrogens is 336 g/mol. The lowest BCUT2D eigenvalue weighted by Gasteiger charge is -2.23. The fraction of sp³-hybridized carbons (Fsp3) is 0.545. The van der Waals surface area contributed by atoms with Crippen LogP contribution in [0.25, 0.3) is 0 Å². The summed E-state index contributed by atoms with van der Waals surface area (Å²) in [6.07, 6.45) is 7.93. The van der Waals surface area contributed by atoms with Gasteiger partial charge in [-0.15, -0.1) is 0 Å². The van der Waals surface area contributed by atoms with E-state index in [9.17, 15) is 4.79 Å². The van der Waals surface area contributed by atoms with Crippen LogP contribution in [-0.4, -0.2) is 49.5 Å². The van der Waals surface area contributed by atoms with Gasteiger partial charge in [0.15, 0.2) is 5.96 Å². The zero-order valence-electron chi connectivity index (χ0n) is 16.7. The minimum absolute atomic E-state index is 0.317. The van der Waals surface area contributed by atoms with Crippen molar-refractivity contribution in [3.63, 3.8) is 0 Å². The number of aliphatic imine (C=N–C) groups is 1. The van der Waals surface area contributed by atoms with E-state index in [1.54, 1.807) is 0 Å². The quantitative estimate of drug-likeness (QED) is 0.347. The zero-order chi connectivity index (χ0) is 19.1. The molecule has 1 aromatic carbocycles. The van der Waals surface area contributed by atoms with Crippen LogP contribution in [0.5, 0.6) is 0 Å². The first-order valence-corrected chi connectivity index (χ1v) is 10.3. The van der Waals surface area contributed by atoms with Crippen molar-refractivity contribution in [2.45, 2.75) is 45.4 Å². The molecule has 5 nitrogen and oxygen atoms in total. The lowest BCUT2D eigenvalue weighted by Crippen LogP contribution is -2.41. The maximum Gasteiger partial charge on any atom is 0.222 e. The molecule has 3 rings (SSSR count). The summed E-state index contributed by atoms with van der Waals surface area (Å²) in [7, 11) is 0. The zero-order valence-corrected chi connectivity index (χ0v) is 16.7. The van der Waals surface area contributed by atoms with Crippen LogP contribution in [-0.2, 0) is 4.79 Å². The van der Waals surface area contributed by atoms with Gasteiger partial charge in [-0.05, 0) is 44.7 Å². The number of carbonyl (C=O) groups is 1. The average molecular weight is 369 g/mol. The van der Waals surface area contributed by atoms with E-state index in [-0.39, 0.29) is 0 Å². The minimum Gasteiger partial charge on any atom is -0.356 e. The first-order chi connectivity index (χ1) is 13.2. The van der Waals surface area contributed by atoms with E-state index in [0.29, 0.717) is 11.8 Å². The molecule has 1 N–H and O–H groups in total. The second-order valence-electron chi connectivity index (χ2n) is 7.23. The Morgan fingerprint density at radius 2 is 2.22 bits per heavy atom. The van der Waals surface area contributed by atoms with Crippen LogP contribution in [0.3, 0.4) is 0 Å². The molecule has 0 aromatic heterocycles. The van der Waals surface area contributed by atoms with Gasteiger partial charge in [0.2, 0.25) is 5.91 Å². The van der Waals surface area contributed by atoms with E-state index in [1.807, 2.05) is 11.8 Å². The number of rotatable bonds is 7. The van der Waals surface area contributed by atoms with Crippen molar-refractivity contribution in [2.24, 2.45) is 4.99 Å². The molecule has 0 spiro atoms. The normalized spacial score (nSPS) is 20.0. The van der Waals surface area contributed by atoms with Crippen LogP contribution in [0.1, 0.15) is 51.0 Å². The highest BCUT2D eigenvalue weighted by Gasteiger charge is 2.31. The Morgan fingerprint density at radius 1 is 1.37 bits per heavy atom. The van der Waals surface area contributed by atoms with Gasteiger partial charge >= 0.3 is 0 Å². The maximum absolute atomic E-state index is 11.9. The molecule has 1 aromatic rings. The summed E-state index contributed by atoms with van der Waals surface area (Å²) < 4.78 is 0. The Kier molecular flexibility index (Phi) is 6.91. The van der Waals surface area contributed by atoms with E-state index in [2.05, 4.69) is 53.6 Å². The number of guanidine groups is 1. The van der Waals surface area contributed by atoms with E-state index >= 15 is 0 Å². The Morgan fingerprint density at radius 3 is 2.96 bits per heavy atom. The fourth-order valence-corrected chi connectivity index (χ4v) is 4.00. The minimum atomic E-state index is 0.317. The highest BCUT2D eigenvalue weighted by Crippen LogP contribution is 2.38. The van der Waals surface area contributed by atoms with E-state index in [1.165, 1.54) is 11.3 Å². The highest BCUT2D eigenvalue weighted by atomic mass is 16.2. The van der Waals surface area contributed by atoms with Gasteiger partial charge in [0, 0.05) is 50.7 Å². The number of benzene rings is 1. The van der Waals surface area contributed by atoms with E-state index < -0.39 is 0 Å². The number of fused-ring (bicyclic) bond motifs is 1. The third-order valence-corrected chi connectivity index (χ3v) is 5.37. The summed E-state index contributed by atoms with van der Waals surface area (Å²) in [6.45, 7) is 8.51. The van der Waals surface area contributed by atoms with Gasteiger partial charge in [-0.1, -0.05) is 30.4 Å². The van der Waals surface area contributed by atoms with Crippen LogP contribution in [0, 0.1) is 0 Å². The summed E-state index contributed by atoms with van der Waals surface area (Å²) in [5.74, 6) is 1.72. The molecule has 0 bridgehead atoms. The average Bonchev–Trinajstić information content (AvgIpc) is 3.26. The van der Waals surface area contributed by atoms with Gasteiger partial charge in [0.25, 0.3) is 0 Å². The molecule has 1 fully saturated rings. The number of allylic oxidation sites excluding steroid dienone is 1. The number of hydrogen-bond acceptors (Lipinski definition) is 2. The molecule has 0 aliphatic carbocycles. The number of amides is 1. The smallest absolute Gasteiger partial charge is 0.222 e. The third kappa shape index (κ3) is 4.71. The molecule has 0 saturated carbocycles. The fourth-order valence-electron chi connectivity index (χ4n) is 4.00. The standard InChI is InChI=1S/C22H32N4O/c1-3-5-8-14-24-22(23-4-2)26-17-18(19-10-6-7-11-20(19)26)13-16-25-15-9-12-21(25)27/h3,5-7,10-11,18H,4,8-9,12-17H2,1-2H3,(H,23,24)/b5-3+. The van der Waals surface area contributed by atoms with Gasteiger partial charge in [-0.25, -0.2) is 0 Å². The van der Waals surface area contributed by atoms with E-state index in [0.717, 1.165) is 64.4 Å². The summed E-state index contributed by atoms with van der Waals surface area (Å²) in [5.41, 5.74) is 2.63. The number of hydrogen-bond donors (Lipinski definition) is 1. The first-order valence-electron chi connectivity index (χ1n) is 10.3. The Bertz CT molecular complexity index is 697. The topological polar surface area (TPSA) is 47.9 Å². The van der Waals surface area contributed by atoms with Crippen molar-refractivity contribution in [2.75, 3.05) is 37.6 Å². The largest absolute Gasteiger partial charge is 0.356 e. The number of carbonyl (C=O) groups excluding carboxylic acids is 1. The van der Waals surface area contributed by atoms with Crippen molar-refractivity contribution >= 4 is 17.6 Å². The number of nitrogens with zero attached hydrogens (tertiary/aromatic N) is 3. The molecule has 1 saturated heterocycles. The summed E-state index contributed by atoms with van der Waals surface area (Å²) in [5, 5.41) is 3.45. The predicted molar refractivity (Wildman–Crippen MR) is 112 cm³/mol. The Hall–Kier alpha value is -2.30. The molecule has 5 heteroatoms. The van der Waals surface area contributed by atoms with Gasteiger partial charge in [0.05, 0.1) is 0 Å². The van der Waals surface area contributed by atoms with Crippen molar-refractivity contribution in [1.82, 2.24) is 10.2 Å². The van der Waals surface area contributed by atoms with Crippen LogP contribution < -0.4 is 10.2 Å². The summed E-state index contributed by atoms with van der Waals surface area (Å²) in [6, 6.07) is 8.64. The van der Waals surface area contributed by atoms with Crippen LogP contribution in [0.2, 0.25) is 0 Å². The van der Waals surface area contributed by atoms with Gasteiger partial charge < -0.3 is 15.1 Å². The predicted octanol–water partition coefficient (Wildman–Crippen LogP) is 3.53. The molecule has 27 heavy (non-hydrogen) atoms. The van der Waals surface area contributed by atoms with Crippen LogP contribution in [0.15, 0.2) is 41.4 Å². The lowest BCUT2D eigenvalue weighted by molar-refractivity contribution is -0.127. The monoisotopic (exact) mass is 368 g/mol. The SMILES string of the molecule is C/C=C/CCN=C(NCC)N1CC(CCN2CCCC2=O)c2ccccc21. The highest BCUT2D eigenvalue weighted by molar-refractivity contribution is 5.98. The molecule has 2 aliphatic rings. The summed E-state index contributed by atoms with van der Waals surface area (Å²) >= 11 is 0. The van der Waals surface area contributed by atoms with Crippen molar-refractivity contribution in [3.05, 3.63) is 42.0 Å². The number of anilines is 1. The van der Waals surface area contributed by atoms with Gasteiger partial charge in [0.1, 0.15) is 0 Å². The first kappa shape index (κ1) is 19.5. The lowest BCUT2D eigenvalue weighted by atomic mass is 9.98. The molecule has 146 valence electrons. The van der Waals surface area contributed by atoms with Gasteiger partial charge in [-0.2, -0.15) is 0 Å². The number of para-hydroxylation sites is 1. The molecule has 1 amide bonds. The molecule has 2 heterocycles. The second kappa shape index (κ2) is 9.58. The molecule has 0 radical (unpaired) electrons. The Balaban J connectivity index is 1.73. The van der Waals surface area contributed by atoms with Crippen LogP contribution in [0.4, 0.5) is 5.69 Å².